The molecule has 0 saturated heterocycles. The molecule has 5 nitrogen and oxygen atoms in total. The normalized spacial score (nSPS) is 11.7. The molecule has 0 atom stereocenters. The molecule has 0 amide bonds. The van der Waals surface area contributed by atoms with E-state index in [2.05, 4.69) is 64.9 Å². The molecular formula is C23H21N5. The molecule has 0 fully saturated rings. The third-order valence-corrected chi connectivity index (χ3v) is 5.36. The highest BCUT2D eigenvalue weighted by atomic mass is 15.1. The molecule has 5 heteroatoms. The maximum absolute atomic E-state index is 4.93. The molecule has 0 bridgehead atoms. The fourth-order valence-electron chi connectivity index (χ4n) is 3.94. The van der Waals surface area contributed by atoms with Crippen molar-refractivity contribution in [2.24, 2.45) is 7.05 Å². The average Bonchev–Trinajstić information content (AvgIpc) is 3.03. The van der Waals surface area contributed by atoms with Crippen LogP contribution in [0.4, 0.5) is 0 Å². The summed E-state index contributed by atoms with van der Waals surface area (Å²) in [7, 11) is 2.08. The van der Waals surface area contributed by atoms with E-state index in [1.54, 1.807) is 0 Å². The predicted octanol–water partition coefficient (Wildman–Crippen LogP) is 4.47. The number of aryl methyl sites for hydroxylation is 5. The van der Waals surface area contributed by atoms with Crippen LogP contribution in [-0.2, 0) is 19.9 Å². The zero-order chi connectivity index (χ0) is 19.3. The van der Waals surface area contributed by atoms with Crippen LogP contribution in [0.3, 0.4) is 0 Å². The Hall–Kier alpha value is -3.34. The Labute approximate surface area is 163 Å². The van der Waals surface area contributed by atoms with E-state index >= 15 is 0 Å². The molecule has 0 aliphatic heterocycles. The van der Waals surface area contributed by atoms with Gasteiger partial charge in [-0.3, -0.25) is 15.0 Å². The lowest BCUT2D eigenvalue weighted by Crippen LogP contribution is -2.02. The van der Waals surface area contributed by atoms with Gasteiger partial charge in [-0.25, -0.2) is 4.98 Å². The smallest absolute Gasteiger partial charge is 0.110 e. The van der Waals surface area contributed by atoms with Gasteiger partial charge in [0.05, 0.1) is 27.6 Å². The van der Waals surface area contributed by atoms with E-state index in [0.29, 0.717) is 0 Å². The van der Waals surface area contributed by atoms with Gasteiger partial charge in [0.1, 0.15) is 5.82 Å². The summed E-state index contributed by atoms with van der Waals surface area (Å²) in [5.41, 5.74) is 8.36. The van der Waals surface area contributed by atoms with Gasteiger partial charge in [0.2, 0.25) is 0 Å². The number of aromatic nitrogens is 5. The first-order chi connectivity index (χ1) is 13.6. The van der Waals surface area contributed by atoms with E-state index in [-0.39, 0.29) is 0 Å². The van der Waals surface area contributed by atoms with Crippen LogP contribution < -0.4 is 0 Å². The Morgan fingerprint density at radius 1 is 0.857 bits per heavy atom. The van der Waals surface area contributed by atoms with E-state index in [1.807, 2.05) is 19.2 Å². The number of fused-ring (bicyclic) bond motifs is 4. The van der Waals surface area contributed by atoms with E-state index in [1.165, 1.54) is 5.56 Å². The second kappa shape index (κ2) is 6.37. The van der Waals surface area contributed by atoms with Crippen molar-refractivity contribution >= 4 is 33.0 Å². The molecule has 0 N–H and O–H groups in total. The minimum Gasteiger partial charge on any atom is -0.331 e. The van der Waals surface area contributed by atoms with Crippen molar-refractivity contribution in [1.82, 2.24) is 24.5 Å². The number of hydrogen-bond acceptors (Lipinski definition) is 4. The minimum absolute atomic E-state index is 0.837. The summed E-state index contributed by atoms with van der Waals surface area (Å²) in [6.45, 7) is 4.11. The highest BCUT2D eigenvalue weighted by molar-refractivity contribution is 6.02. The molecule has 0 aliphatic rings. The van der Waals surface area contributed by atoms with Crippen LogP contribution in [-0.4, -0.2) is 24.5 Å². The van der Waals surface area contributed by atoms with Crippen molar-refractivity contribution in [1.29, 1.82) is 0 Å². The number of imidazole rings is 1. The van der Waals surface area contributed by atoms with Gasteiger partial charge in [0.15, 0.2) is 0 Å². The number of nitrogens with zero attached hydrogens (tertiary/aromatic N) is 5. The largest absolute Gasteiger partial charge is 0.331 e. The Bertz CT molecular complexity index is 1350. The summed E-state index contributed by atoms with van der Waals surface area (Å²) >= 11 is 0. The Morgan fingerprint density at radius 3 is 2.61 bits per heavy atom. The molecule has 4 aromatic heterocycles. The summed E-state index contributed by atoms with van der Waals surface area (Å²) in [6, 6.07) is 14.5. The van der Waals surface area contributed by atoms with Crippen LogP contribution >= 0.6 is 0 Å². The van der Waals surface area contributed by atoms with E-state index < -0.39 is 0 Å². The molecule has 5 aromatic rings. The molecule has 4 heterocycles. The molecule has 1 aromatic carbocycles. The van der Waals surface area contributed by atoms with Crippen LogP contribution in [0.2, 0.25) is 0 Å². The fourth-order valence-corrected chi connectivity index (χ4v) is 3.94. The highest BCUT2D eigenvalue weighted by Crippen LogP contribution is 2.24. The van der Waals surface area contributed by atoms with Crippen molar-refractivity contribution < 1.29 is 0 Å². The zero-order valence-corrected chi connectivity index (χ0v) is 16.3. The van der Waals surface area contributed by atoms with E-state index in [0.717, 1.165) is 63.0 Å². The fraction of sp³-hybridized carbons (Fsp3) is 0.217. The molecule has 28 heavy (non-hydrogen) atoms. The topological polar surface area (TPSA) is 56.5 Å². The van der Waals surface area contributed by atoms with Gasteiger partial charge in [-0.2, -0.15) is 0 Å². The van der Waals surface area contributed by atoms with Crippen LogP contribution in [0, 0.1) is 13.8 Å². The number of rotatable bonds is 3. The van der Waals surface area contributed by atoms with Crippen molar-refractivity contribution in [3.05, 3.63) is 71.4 Å². The zero-order valence-electron chi connectivity index (χ0n) is 16.3. The van der Waals surface area contributed by atoms with Gasteiger partial charge in [0.25, 0.3) is 0 Å². The number of pyridine rings is 3. The maximum atomic E-state index is 4.93. The maximum Gasteiger partial charge on any atom is 0.110 e. The first-order valence-electron chi connectivity index (χ1n) is 9.53. The molecule has 138 valence electrons. The SMILES string of the molecule is Cc1cc(C)c2nc(CCc3nc4c5cccnc5ccc4n3C)ccc2n1. The van der Waals surface area contributed by atoms with Crippen molar-refractivity contribution in [3.8, 4) is 0 Å². The molecule has 5 rings (SSSR count). The molecule has 0 radical (unpaired) electrons. The van der Waals surface area contributed by atoms with Crippen LogP contribution in [0.1, 0.15) is 22.8 Å². The Balaban J connectivity index is 1.50. The van der Waals surface area contributed by atoms with Crippen LogP contribution in [0.15, 0.2) is 48.7 Å². The van der Waals surface area contributed by atoms with Gasteiger partial charge in [-0.1, -0.05) is 0 Å². The molecule has 0 unspecified atom stereocenters. The molecule has 0 aliphatic carbocycles. The van der Waals surface area contributed by atoms with Gasteiger partial charge in [-0.15, -0.1) is 0 Å². The first kappa shape index (κ1) is 16.8. The molecule has 0 spiro atoms. The summed E-state index contributed by atoms with van der Waals surface area (Å²) in [6.07, 6.45) is 3.50. The summed E-state index contributed by atoms with van der Waals surface area (Å²) in [4.78, 5) is 18.8. The molecule has 0 saturated carbocycles. The van der Waals surface area contributed by atoms with Gasteiger partial charge in [0, 0.05) is 36.4 Å². The lowest BCUT2D eigenvalue weighted by atomic mass is 10.1. The highest BCUT2D eigenvalue weighted by Gasteiger charge is 2.12. The minimum atomic E-state index is 0.837. The number of benzene rings is 1. The summed E-state index contributed by atoms with van der Waals surface area (Å²) < 4.78 is 2.18. The van der Waals surface area contributed by atoms with E-state index in [4.69, 9.17) is 9.97 Å². The number of hydrogen-bond donors (Lipinski definition) is 0. The third kappa shape index (κ3) is 2.71. The lowest BCUT2D eigenvalue weighted by molar-refractivity contribution is 0.777. The van der Waals surface area contributed by atoms with Gasteiger partial charge in [-0.05, 0) is 68.3 Å². The van der Waals surface area contributed by atoms with Crippen molar-refractivity contribution in [2.45, 2.75) is 26.7 Å². The Kier molecular flexibility index (Phi) is 3.83. The van der Waals surface area contributed by atoms with Crippen LogP contribution in [0.25, 0.3) is 33.0 Å². The second-order valence-electron chi connectivity index (χ2n) is 7.34. The lowest BCUT2D eigenvalue weighted by Gasteiger charge is -2.06. The van der Waals surface area contributed by atoms with Crippen molar-refractivity contribution in [2.75, 3.05) is 0 Å². The van der Waals surface area contributed by atoms with Crippen LogP contribution in [0.5, 0.6) is 0 Å². The molecular weight excluding hydrogens is 346 g/mol. The summed E-state index contributed by atoms with van der Waals surface area (Å²) in [5, 5.41) is 1.10. The predicted molar refractivity (Wildman–Crippen MR) is 112 cm³/mol. The monoisotopic (exact) mass is 367 g/mol. The van der Waals surface area contributed by atoms with E-state index in [9.17, 15) is 0 Å². The standard InChI is InChI=1S/C23H21N5/c1-14-13-15(2)25-19-8-6-16(26-22(14)19)7-11-21-27-23-17-5-4-12-24-18(17)9-10-20(23)28(21)3/h4-6,8-10,12-13H,7,11H2,1-3H3. The van der Waals surface area contributed by atoms with Crippen molar-refractivity contribution in [3.63, 3.8) is 0 Å². The van der Waals surface area contributed by atoms with Gasteiger partial charge < -0.3 is 4.57 Å². The quantitative estimate of drug-likeness (QED) is 0.472. The van der Waals surface area contributed by atoms with Gasteiger partial charge >= 0.3 is 0 Å². The Morgan fingerprint density at radius 2 is 1.71 bits per heavy atom. The summed E-state index contributed by atoms with van der Waals surface area (Å²) in [5.74, 6) is 1.06. The average molecular weight is 367 g/mol. The third-order valence-electron chi connectivity index (χ3n) is 5.36. The first-order valence-corrected chi connectivity index (χ1v) is 9.53. The second-order valence-corrected chi connectivity index (χ2v) is 7.34.